The Bertz CT molecular complexity index is 1130. The number of benzene rings is 2. The van der Waals surface area contributed by atoms with Gasteiger partial charge in [-0.15, -0.1) is 0 Å². The average Bonchev–Trinajstić information content (AvgIpc) is 3.19. The molecule has 5 heteroatoms. The maximum Gasteiger partial charge on any atom is 0.344 e. The minimum absolute atomic E-state index is 0.242. The molecule has 0 fully saturated rings. The lowest BCUT2D eigenvalue weighted by atomic mass is 10.0. The van der Waals surface area contributed by atoms with E-state index in [9.17, 15) is 9.59 Å². The fraction of sp³-hybridized carbons (Fsp3) is 0.0476. The van der Waals surface area contributed by atoms with Gasteiger partial charge < -0.3 is 14.2 Å². The van der Waals surface area contributed by atoms with Gasteiger partial charge in [-0.1, -0.05) is 30.3 Å². The maximum atomic E-state index is 12.4. The Kier molecular flexibility index (Phi) is 4.11. The van der Waals surface area contributed by atoms with Gasteiger partial charge in [0.2, 0.25) is 0 Å². The first-order valence-electron chi connectivity index (χ1n) is 8.14. The molecule has 128 valence electrons. The number of rotatable bonds is 4. The molecule has 26 heavy (non-hydrogen) atoms. The van der Waals surface area contributed by atoms with Crippen LogP contribution < -0.4 is 10.9 Å². The van der Waals surface area contributed by atoms with E-state index in [0.29, 0.717) is 34.6 Å². The van der Waals surface area contributed by atoms with Crippen molar-refractivity contribution in [2.45, 2.75) is 6.54 Å². The molecule has 5 nitrogen and oxygen atoms in total. The first-order chi connectivity index (χ1) is 12.7. The standard InChI is InChI=1S/C21H15NO4/c23-20(22-13-17-8-4-10-25-17)16-7-3-6-14(11-16)18-12-15-5-1-2-9-19(15)26-21(18)24/h1-12H,13H2,(H,22,23). The lowest BCUT2D eigenvalue weighted by Gasteiger charge is -2.06. The van der Waals surface area contributed by atoms with E-state index >= 15 is 0 Å². The summed E-state index contributed by atoms with van der Waals surface area (Å²) in [5.74, 6) is 0.429. The summed E-state index contributed by atoms with van der Waals surface area (Å²) in [6.45, 7) is 0.300. The van der Waals surface area contributed by atoms with Crippen LogP contribution >= 0.6 is 0 Å². The van der Waals surface area contributed by atoms with Gasteiger partial charge in [-0.3, -0.25) is 4.79 Å². The minimum Gasteiger partial charge on any atom is -0.467 e. The Morgan fingerprint density at radius 2 is 1.85 bits per heavy atom. The number of hydrogen-bond donors (Lipinski definition) is 1. The molecular formula is C21H15NO4. The Labute approximate surface area is 148 Å². The van der Waals surface area contributed by atoms with Crippen molar-refractivity contribution >= 4 is 16.9 Å². The van der Waals surface area contributed by atoms with Gasteiger partial charge in [-0.25, -0.2) is 4.79 Å². The van der Waals surface area contributed by atoms with E-state index in [2.05, 4.69) is 5.32 Å². The van der Waals surface area contributed by atoms with E-state index in [4.69, 9.17) is 8.83 Å². The molecule has 0 aliphatic carbocycles. The quantitative estimate of drug-likeness (QED) is 0.568. The topological polar surface area (TPSA) is 72.5 Å². The highest BCUT2D eigenvalue weighted by molar-refractivity contribution is 5.95. The van der Waals surface area contributed by atoms with Crippen LogP contribution in [0.2, 0.25) is 0 Å². The maximum absolute atomic E-state index is 12.4. The highest BCUT2D eigenvalue weighted by atomic mass is 16.4. The summed E-state index contributed by atoms with van der Waals surface area (Å²) in [5, 5.41) is 3.62. The summed E-state index contributed by atoms with van der Waals surface area (Å²) in [6.07, 6.45) is 1.56. The molecule has 2 heterocycles. The SMILES string of the molecule is O=C(NCc1ccco1)c1cccc(-c2cc3ccccc3oc2=O)c1. The van der Waals surface area contributed by atoms with Gasteiger partial charge in [0.15, 0.2) is 0 Å². The third-order valence-electron chi connectivity index (χ3n) is 4.08. The molecule has 1 amide bonds. The lowest BCUT2D eigenvalue weighted by molar-refractivity contribution is 0.0948. The van der Waals surface area contributed by atoms with E-state index in [0.717, 1.165) is 5.39 Å². The van der Waals surface area contributed by atoms with Gasteiger partial charge in [-0.05, 0) is 42.0 Å². The molecule has 0 bridgehead atoms. The number of carbonyl (C=O) groups is 1. The normalized spacial score (nSPS) is 10.8. The summed E-state index contributed by atoms with van der Waals surface area (Å²) < 4.78 is 10.6. The fourth-order valence-electron chi connectivity index (χ4n) is 2.77. The van der Waals surface area contributed by atoms with Gasteiger partial charge >= 0.3 is 5.63 Å². The summed E-state index contributed by atoms with van der Waals surface area (Å²) >= 11 is 0. The molecule has 0 aliphatic heterocycles. The van der Waals surface area contributed by atoms with Crippen LogP contribution in [0.15, 0.2) is 86.6 Å². The predicted molar refractivity (Wildman–Crippen MR) is 97.8 cm³/mol. The second-order valence-corrected chi connectivity index (χ2v) is 5.83. The zero-order chi connectivity index (χ0) is 17.9. The predicted octanol–water partition coefficient (Wildman–Crippen LogP) is 3.98. The molecular weight excluding hydrogens is 330 g/mol. The number of hydrogen-bond acceptors (Lipinski definition) is 4. The molecule has 0 spiro atoms. The highest BCUT2D eigenvalue weighted by Gasteiger charge is 2.11. The Morgan fingerprint density at radius 1 is 0.962 bits per heavy atom. The summed E-state index contributed by atoms with van der Waals surface area (Å²) in [6, 6.07) is 19.6. The molecule has 2 aromatic heterocycles. The van der Waals surface area contributed by atoms with Crippen LogP contribution in [0.3, 0.4) is 0 Å². The second-order valence-electron chi connectivity index (χ2n) is 5.83. The van der Waals surface area contributed by atoms with E-state index in [1.165, 1.54) is 0 Å². The van der Waals surface area contributed by atoms with Crippen LogP contribution in [0.1, 0.15) is 16.1 Å². The van der Waals surface area contributed by atoms with Crippen molar-refractivity contribution in [2.75, 3.05) is 0 Å². The number of carbonyl (C=O) groups excluding carboxylic acids is 1. The number of fused-ring (bicyclic) bond motifs is 1. The Hall–Kier alpha value is -3.60. The smallest absolute Gasteiger partial charge is 0.344 e. The minimum atomic E-state index is -0.433. The number of para-hydroxylation sites is 1. The van der Waals surface area contributed by atoms with Gasteiger partial charge in [-0.2, -0.15) is 0 Å². The van der Waals surface area contributed by atoms with Crippen molar-refractivity contribution in [3.8, 4) is 11.1 Å². The lowest BCUT2D eigenvalue weighted by Crippen LogP contribution is -2.22. The van der Waals surface area contributed by atoms with Crippen LogP contribution in [0, 0.1) is 0 Å². The van der Waals surface area contributed by atoms with Crippen LogP contribution in [0.5, 0.6) is 0 Å². The summed E-state index contributed by atoms with van der Waals surface area (Å²) in [5.41, 5.74) is 1.62. The molecule has 2 aromatic carbocycles. The zero-order valence-corrected chi connectivity index (χ0v) is 13.8. The molecule has 0 unspecified atom stereocenters. The largest absolute Gasteiger partial charge is 0.467 e. The number of amides is 1. The van der Waals surface area contributed by atoms with Crippen molar-refractivity contribution in [2.24, 2.45) is 0 Å². The van der Waals surface area contributed by atoms with Crippen molar-refractivity contribution in [1.82, 2.24) is 5.32 Å². The van der Waals surface area contributed by atoms with Gasteiger partial charge in [0.1, 0.15) is 11.3 Å². The van der Waals surface area contributed by atoms with Gasteiger partial charge in [0.05, 0.1) is 18.4 Å². The number of furan rings is 1. The molecule has 0 radical (unpaired) electrons. The molecule has 0 saturated carbocycles. The summed E-state index contributed by atoms with van der Waals surface area (Å²) in [7, 11) is 0. The van der Waals surface area contributed by atoms with E-state index in [1.807, 2.05) is 18.2 Å². The second kappa shape index (κ2) is 6.72. The Morgan fingerprint density at radius 3 is 2.69 bits per heavy atom. The van der Waals surface area contributed by atoms with Crippen molar-refractivity contribution in [3.05, 3.63) is 94.7 Å². The van der Waals surface area contributed by atoms with Crippen molar-refractivity contribution in [3.63, 3.8) is 0 Å². The van der Waals surface area contributed by atoms with Crippen molar-refractivity contribution < 1.29 is 13.6 Å². The monoisotopic (exact) mass is 345 g/mol. The van der Waals surface area contributed by atoms with Gasteiger partial charge in [0.25, 0.3) is 5.91 Å². The molecule has 0 atom stereocenters. The first-order valence-corrected chi connectivity index (χ1v) is 8.14. The average molecular weight is 345 g/mol. The fourth-order valence-corrected chi connectivity index (χ4v) is 2.77. The molecule has 4 rings (SSSR count). The van der Waals surface area contributed by atoms with Crippen molar-refractivity contribution in [1.29, 1.82) is 0 Å². The summed E-state index contributed by atoms with van der Waals surface area (Å²) in [4.78, 5) is 24.7. The Balaban J connectivity index is 1.64. The van der Waals surface area contributed by atoms with E-state index in [-0.39, 0.29) is 5.91 Å². The number of nitrogens with one attached hydrogen (secondary N) is 1. The van der Waals surface area contributed by atoms with Crippen LogP contribution in [-0.2, 0) is 6.54 Å². The zero-order valence-electron chi connectivity index (χ0n) is 13.8. The third kappa shape index (κ3) is 3.15. The van der Waals surface area contributed by atoms with Crippen LogP contribution in [0.4, 0.5) is 0 Å². The van der Waals surface area contributed by atoms with Crippen LogP contribution in [0.25, 0.3) is 22.1 Å². The highest BCUT2D eigenvalue weighted by Crippen LogP contribution is 2.22. The first kappa shape index (κ1) is 15.9. The van der Waals surface area contributed by atoms with E-state index < -0.39 is 5.63 Å². The molecule has 0 saturated heterocycles. The molecule has 0 aliphatic rings. The van der Waals surface area contributed by atoms with E-state index in [1.54, 1.807) is 54.8 Å². The third-order valence-corrected chi connectivity index (χ3v) is 4.08. The molecule has 1 N–H and O–H groups in total. The molecule has 4 aromatic rings. The van der Waals surface area contributed by atoms with Crippen LogP contribution in [-0.4, -0.2) is 5.91 Å². The van der Waals surface area contributed by atoms with Gasteiger partial charge in [0, 0.05) is 10.9 Å².